The van der Waals surface area contributed by atoms with E-state index in [9.17, 15) is 9.18 Å². The van der Waals surface area contributed by atoms with Gasteiger partial charge in [0.25, 0.3) is 5.91 Å². The first kappa shape index (κ1) is 15.1. The third-order valence-electron chi connectivity index (χ3n) is 2.69. The predicted molar refractivity (Wildman–Crippen MR) is 86.4 cm³/mol. The van der Waals surface area contributed by atoms with Crippen LogP contribution in [-0.4, -0.2) is 27.1 Å². The van der Waals surface area contributed by atoms with Crippen LogP contribution >= 0.6 is 34.7 Å². The van der Waals surface area contributed by atoms with Gasteiger partial charge in [0.1, 0.15) is 5.82 Å². The lowest BCUT2D eigenvalue weighted by Gasteiger charge is -2.04. The van der Waals surface area contributed by atoms with E-state index < -0.39 is 5.91 Å². The number of thiazole rings is 1. The van der Waals surface area contributed by atoms with Crippen LogP contribution in [0.1, 0.15) is 10.5 Å². The van der Waals surface area contributed by atoms with E-state index in [-0.39, 0.29) is 16.5 Å². The Morgan fingerprint density at radius 2 is 2.23 bits per heavy atom. The lowest BCUT2D eigenvalue weighted by Crippen LogP contribution is -2.15. The molecule has 0 saturated heterocycles. The molecule has 0 aliphatic carbocycles. The zero-order valence-electron chi connectivity index (χ0n) is 11.1. The lowest BCUT2D eigenvalue weighted by atomic mass is 10.3. The predicted octanol–water partition coefficient (Wildman–Crippen LogP) is 3.85. The van der Waals surface area contributed by atoms with E-state index in [1.807, 2.05) is 0 Å². The number of carbonyl (C=O) groups is 1. The van der Waals surface area contributed by atoms with Crippen molar-refractivity contribution in [2.45, 2.75) is 5.16 Å². The number of amides is 1. The number of nitrogens with one attached hydrogen (secondary N) is 1. The molecule has 112 valence electrons. The van der Waals surface area contributed by atoms with Gasteiger partial charge in [0, 0.05) is 0 Å². The van der Waals surface area contributed by atoms with Crippen LogP contribution in [0, 0.1) is 5.82 Å². The molecular formula is C13H8ClFN4OS2. The van der Waals surface area contributed by atoms with Crippen molar-refractivity contribution < 1.29 is 9.18 Å². The smallest absolute Gasteiger partial charge is 0.277 e. The molecule has 0 aliphatic heterocycles. The summed E-state index contributed by atoms with van der Waals surface area (Å²) in [5.41, 5.74) is 0.687. The number of fused-ring (bicyclic) bond motifs is 1. The fraction of sp³-hybridized carbons (Fsp3) is 0.0769. The first-order valence-corrected chi connectivity index (χ1v) is 8.42. The molecule has 3 rings (SSSR count). The Kier molecular flexibility index (Phi) is 4.23. The summed E-state index contributed by atoms with van der Waals surface area (Å²) in [4.78, 5) is 24.5. The number of carbonyl (C=O) groups excluding carboxylic acids is 1. The fourth-order valence-electron chi connectivity index (χ4n) is 1.72. The molecule has 22 heavy (non-hydrogen) atoms. The average molecular weight is 355 g/mol. The zero-order valence-corrected chi connectivity index (χ0v) is 13.5. The Balaban J connectivity index is 1.89. The van der Waals surface area contributed by atoms with Gasteiger partial charge in [-0.3, -0.25) is 10.1 Å². The van der Waals surface area contributed by atoms with Crippen molar-refractivity contribution in [1.82, 2.24) is 15.0 Å². The van der Waals surface area contributed by atoms with Crippen molar-refractivity contribution in [3.63, 3.8) is 0 Å². The molecule has 1 N–H and O–H groups in total. The standard InChI is InChI=1S/C13H8ClFN4OS2/c1-21-12-16-5-7(14)10(18-12)11(20)19-13-17-8-3-2-6(15)4-9(8)22-13/h2-5H,1H3,(H,17,19,20). The second kappa shape index (κ2) is 6.15. The van der Waals surface area contributed by atoms with Crippen LogP contribution in [0.15, 0.2) is 29.6 Å². The van der Waals surface area contributed by atoms with Gasteiger partial charge in [-0.05, 0) is 24.5 Å². The second-order valence-corrected chi connectivity index (χ2v) is 6.35. The summed E-state index contributed by atoms with van der Waals surface area (Å²) in [5, 5.41) is 3.57. The maximum atomic E-state index is 13.2. The zero-order chi connectivity index (χ0) is 15.7. The minimum atomic E-state index is -0.484. The van der Waals surface area contributed by atoms with Crippen molar-refractivity contribution in [2.75, 3.05) is 11.6 Å². The van der Waals surface area contributed by atoms with Crippen LogP contribution in [0.2, 0.25) is 5.02 Å². The molecule has 1 amide bonds. The topological polar surface area (TPSA) is 67.8 Å². The van der Waals surface area contributed by atoms with Gasteiger partial charge in [-0.25, -0.2) is 19.3 Å². The van der Waals surface area contributed by atoms with Crippen LogP contribution in [0.5, 0.6) is 0 Å². The van der Waals surface area contributed by atoms with Crippen molar-refractivity contribution in [3.8, 4) is 0 Å². The van der Waals surface area contributed by atoms with Gasteiger partial charge < -0.3 is 0 Å². The summed E-state index contributed by atoms with van der Waals surface area (Å²) in [6.07, 6.45) is 3.18. The maximum absolute atomic E-state index is 13.2. The molecule has 3 aromatic rings. The highest BCUT2D eigenvalue weighted by Crippen LogP contribution is 2.27. The van der Waals surface area contributed by atoms with E-state index in [4.69, 9.17) is 11.6 Å². The first-order valence-electron chi connectivity index (χ1n) is 6.01. The van der Waals surface area contributed by atoms with Crippen LogP contribution in [0.4, 0.5) is 9.52 Å². The largest absolute Gasteiger partial charge is 0.296 e. The Morgan fingerprint density at radius 1 is 1.41 bits per heavy atom. The molecule has 0 spiro atoms. The molecule has 0 saturated carbocycles. The van der Waals surface area contributed by atoms with E-state index in [1.54, 1.807) is 12.3 Å². The van der Waals surface area contributed by atoms with Gasteiger partial charge in [0.2, 0.25) is 0 Å². The molecule has 2 heterocycles. The van der Waals surface area contributed by atoms with Crippen molar-refractivity contribution in [3.05, 3.63) is 40.9 Å². The molecule has 0 radical (unpaired) electrons. The summed E-state index contributed by atoms with van der Waals surface area (Å²) in [6.45, 7) is 0. The SMILES string of the molecule is CSc1ncc(Cl)c(C(=O)Nc2nc3ccc(F)cc3s2)n1. The quantitative estimate of drug-likeness (QED) is 0.571. The normalized spacial score (nSPS) is 10.9. The number of thioether (sulfide) groups is 1. The van der Waals surface area contributed by atoms with Crippen LogP contribution in [0.3, 0.4) is 0 Å². The lowest BCUT2D eigenvalue weighted by molar-refractivity contribution is 0.102. The molecule has 2 aromatic heterocycles. The number of anilines is 1. The fourth-order valence-corrected chi connectivity index (χ4v) is 3.12. The van der Waals surface area contributed by atoms with E-state index in [0.29, 0.717) is 20.5 Å². The van der Waals surface area contributed by atoms with Gasteiger partial charge >= 0.3 is 0 Å². The number of benzene rings is 1. The van der Waals surface area contributed by atoms with Crippen molar-refractivity contribution >= 4 is 56.0 Å². The number of nitrogens with zero attached hydrogens (tertiary/aromatic N) is 3. The summed E-state index contributed by atoms with van der Waals surface area (Å²) in [5.74, 6) is -0.834. The van der Waals surface area contributed by atoms with Crippen molar-refractivity contribution in [2.24, 2.45) is 0 Å². The van der Waals surface area contributed by atoms with Crippen LogP contribution < -0.4 is 5.32 Å². The Bertz CT molecular complexity index is 870. The van der Waals surface area contributed by atoms with Crippen molar-refractivity contribution in [1.29, 1.82) is 0 Å². The highest BCUT2D eigenvalue weighted by molar-refractivity contribution is 7.98. The van der Waals surface area contributed by atoms with Gasteiger partial charge in [0.05, 0.1) is 21.4 Å². The minimum Gasteiger partial charge on any atom is -0.296 e. The summed E-state index contributed by atoms with van der Waals surface area (Å²) in [6, 6.07) is 4.24. The Labute approximate surface area is 138 Å². The number of hydrogen-bond acceptors (Lipinski definition) is 6. The number of hydrogen-bond donors (Lipinski definition) is 1. The highest BCUT2D eigenvalue weighted by atomic mass is 35.5. The molecule has 0 fully saturated rings. The Hall–Kier alpha value is -1.77. The molecule has 9 heteroatoms. The van der Waals surface area contributed by atoms with E-state index >= 15 is 0 Å². The number of aromatic nitrogens is 3. The molecule has 0 unspecified atom stereocenters. The average Bonchev–Trinajstić information content (AvgIpc) is 2.88. The maximum Gasteiger partial charge on any atom is 0.277 e. The first-order chi connectivity index (χ1) is 10.6. The summed E-state index contributed by atoms with van der Waals surface area (Å²) in [7, 11) is 0. The highest BCUT2D eigenvalue weighted by Gasteiger charge is 2.16. The van der Waals surface area contributed by atoms with E-state index in [0.717, 1.165) is 0 Å². The third kappa shape index (κ3) is 3.03. The molecule has 1 aromatic carbocycles. The van der Waals surface area contributed by atoms with E-state index in [1.165, 1.54) is 41.4 Å². The summed E-state index contributed by atoms with van der Waals surface area (Å²) < 4.78 is 13.8. The summed E-state index contributed by atoms with van der Waals surface area (Å²) >= 11 is 8.43. The molecule has 0 atom stereocenters. The van der Waals surface area contributed by atoms with Gasteiger partial charge in [0.15, 0.2) is 16.0 Å². The molecule has 0 bridgehead atoms. The van der Waals surface area contributed by atoms with Crippen LogP contribution in [-0.2, 0) is 0 Å². The number of halogens is 2. The van der Waals surface area contributed by atoms with E-state index in [2.05, 4.69) is 20.3 Å². The molecule has 5 nitrogen and oxygen atoms in total. The second-order valence-electron chi connectivity index (χ2n) is 4.14. The monoisotopic (exact) mass is 354 g/mol. The van der Waals surface area contributed by atoms with Gasteiger partial charge in [-0.1, -0.05) is 34.7 Å². The van der Waals surface area contributed by atoms with Gasteiger partial charge in [-0.15, -0.1) is 0 Å². The van der Waals surface area contributed by atoms with Crippen LogP contribution in [0.25, 0.3) is 10.2 Å². The minimum absolute atomic E-state index is 0.0754. The Morgan fingerprint density at radius 3 is 3.00 bits per heavy atom. The number of rotatable bonds is 3. The third-order valence-corrected chi connectivity index (χ3v) is 4.46. The molecular weight excluding hydrogens is 347 g/mol. The van der Waals surface area contributed by atoms with Gasteiger partial charge in [-0.2, -0.15) is 0 Å². The molecule has 0 aliphatic rings.